The zero-order chi connectivity index (χ0) is 29.2. The molecule has 0 radical (unpaired) electrons. The number of hydrogen-bond donors (Lipinski definition) is 2. The van der Waals surface area contributed by atoms with Crippen LogP contribution in [0.25, 0.3) is 11.1 Å². The van der Waals surface area contributed by atoms with Gasteiger partial charge in [0.15, 0.2) is 11.9 Å². The van der Waals surface area contributed by atoms with Crippen molar-refractivity contribution >= 4 is 17.5 Å². The maximum atomic E-state index is 14.3. The molecule has 1 saturated carbocycles. The number of carbonyl (C=O) groups is 2. The maximum Gasteiger partial charge on any atom is 0.417 e. The monoisotopic (exact) mass is 565 g/mol. The van der Waals surface area contributed by atoms with Gasteiger partial charge in [-0.3, -0.25) is 14.3 Å². The number of aromatic nitrogens is 3. The summed E-state index contributed by atoms with van der Waals surface area (Å²) in [6, 6.07) is 6.17. The Morgan fingerprint density at radius 3 is 2.52 bits per heavy atom. The summed E-state index contributed by atoms with van der Waals surface area (Å²) in [5.41, 5.74) is -1.00. The summed E-state index contributed by atoms with van der Waals surface area (Å²) in [6.45, 7) is 3.42. The third-order valence-electron chi connectivity index (χ3n) is 7.05. The van der Waals surface area contributed by atoms with Crippen molar-refractivity contribution in [2.45, 2.75) is 64.2 Å². The van der Waals surface area contributed by atoms with Gasteiger partial charge in [0.25, 0.3) is 5.91 Å². The van der Waals surface area contributed by atoms with E-state index in [1.807, 2.05) is 0 Å². The fourth-order valence-corrected chi connectivity index (χ4v) is 5.07. The Morgan fingerprint density at radius 1 is 1.20 bits per heavy atom. The quantitative estimate of drug-likeness (QED) is 0.237. The molecule has 4 rings (SSSR count). The van der Waals surface area contributed by atoms with Gasteiger partial charge in [0, 0.05) is 44.3 Å². The van der Waals surface area contributed by atoms with Crippen LogP contribution in [0.2, 0.25) is 0 Å². The first-order valence-electron chi connectivity index (χ1n) is 12.7. The second-order valence-corrected chi connectivity index (χ2v) is 9.78. The summed E-state index contributed by atoms with van der Waals surface area (Å²) in [5.74, 6) is -5.22. The molecule has 0 bridgehead atoms. The lowest BCUT2D eigenvalue weighted by molar-refractivity contribution is -0.611. The Bertz CT molecular complexity index is 1390. The number of amides is 2. The highest BCUT2D eigenvalue weighted by Crippen LogP contribution is 2.39. The SMILES string of the molecule is CCn1nccc1C(=O)N[C@H](C(=O)Nc1ccc(-c2c(C(F)(F)F)cc[n+]([O-])c2C)cc1)[C@H]1CCCC(F)(F)C1. The van der Waals surface area contributed by atoms with Crippen LogP contribution in [0, 0.1) is 18.0 Å². The molecule has 0 unspecified atom stereocenters. The van der Waals surface area contributed by atoms with Crippen molar-refractivity contribution in [2.75, 3.05) is 5.32 Å². The van der Waals surface area contributed by atoms with Crippen LogP contribution in [-0.2, 0) is 17.5 Å². The Morgan fingerprint density at radius 2 is 1.90 bits per heavy atom. The second kappa shape index (κ2) is 11.2. The molecular formula is C27H28F5N5O3. The number of anilines is 1. The molecule has 2 aromatic heterocycles. The minimum Gasteiger partial charge on any atom is -0.618 e. The fraction of sp³-hybridized carbons (Fsp3) is 0.407. The van der Waals surface area contributed by atoms with E-state index in [2.05, 4.69) is 15.7 Å². The standard InChI is InChI=1S/C27H28F5N5O3/c1-3-36-21(10-13-33-36)24(38)35-23(18-5-4-12-26(28,29)15-18)25(39)34-19-8-6-17(7-9-19)22-16(2)37(40)14-11-20(22)27(30,31)32/h6-11,13-14,18,23H,3-5,12,15H2,1-2H3,(H,34,39)(H,35,38)/t18-,23-/m0/s1. The number of aryl methyl sites for hydroxylation is 1. The van der Waals surface area contributed by atoms with Gasteiger partial charge in [0.1, 0.15) is 11.7 Å². The van der Waals surface area contributed by atoms with Gasteiger partial charge in [0.05, 0.1) is 11.1 Å². The zero-order valence-electron chi connectivity index (χ0n) is 21.8. The van der Waals surface area contributed by atoms with Gasteiger partial charge in [0.2, 0.25) is 11.8 Å². The Balaban J connectivity index is 1.59. The Labute approximate surface area is 226 Å². The molecule has 2 heterocycles. The first-order chi connectivity index (χ1) is 18.8. The Hall–Kier alpha value is -4.03. The minimum absolute atomic E-state index is 0.0950. The molecule has 1 fully saturated rings. The van der Waals surface area contributed by atoms with E-state index in [1.165, 1.54) is 48.1 Å². The molecule has 13 heteroatoms. The highest BCUT2D eigenvalue weighted by Gasteiger charge is 2.42. The van der Waals surface area contributed by atoms with Gasteiger partial charge in [-0.25, -0.2) is 8.78 Å². The molecular weight excluding hydrogens is 537 g/mol. The van der Waals surface area contributed by atoms with Crippen LogP contribution in [0.1, 0.15) is 54.4 Å². The average Bonchev–Trinajstić information content (AvgIpc) is 3.37. The van der Waals surface area contributed by atoms with Gasteiger partial charge in [-0.1, -0.05) is 12.1 Å². The van der Waals surface area contributed by atoms with Crippen molar-refractivity contribution in [3.05, 3.63) is 71.0 Å². The summed E-state index contributed by atoms with van der Waals surface area (Å²) in [5, 5.41) is 21.2. The van der Waals surface area contributed by atoms with E-state index in [0.29, 0.717) is 23.8 Å². The van der Waals surface area contributed by atoms with Crippen molar-refractivity contribution in [1.29, 1.82) is 0 Å². The van der Waals surface area contributed by atoms with Crippen LogP contribution in [0.4, 0.5) is 27.6 Å². The van der Waals surface area contributed by atoms with Gasteiger partial charge >= 0.3 is 6.18 Å². The van der Waals surface area contributed by atoms with E-state index < -0.39 is 47.9 Å². The van der Waals surface area contributed by atoms with Gasteiger partial charge in [-0.15, -0.1) is 0 Å². The fourth-order valence-electron chi connectivity index (χ4n) is 5.07. The predicted octanol–water partition coefficient (Wildman–Crippen LogP) is 5.09. The van der Waals surface area contributed by atoms with E-state index in [9.17, 15) is 36.7 Å². The van der Waals surface area contributed by atoms with Crippen LogP contribution in [-0.4, -0.2) is 33.6 Å². The number of benzene rings is 1. The number of alkyl halides is 5. The number of hydrogen-bond acceptors (Lipinski definition) is 4. The van der Waals surface area contributed by atoms with Crippen molar-refractivity contribution in [3.8, 4) is 11.1 Å². The highest BCUT2D eigenvalue weighted by atomic mass is 19.4. The van der Waals surface area contributed by atoms with E-state index in [1.54, 1.807) is 6.92 Å². The van der Waals surface area contributed by atoms with Crippen LogP contribution in [0.3, 0.4) is 0 Å². The largest absolute Gasteiger partial charge is 0.618 e. The van der Waals surface area contributed by atoms with Crippen molar-refractivity contribution in [1.82, 2.24) is 15.1 Å². The van der Waals surface area contributed by atoms with Crippen LogP contribution in [0.15, 0.2) is 48.8 Å². The lowest BCUT2D eigenvalue weighted by Crippen LogP contribution is -2.51. The van der Waals surface area contributed by atoms with E-state index in [-0.39, 0.29) is 41.0 Å². The number of rotatable bonds is 7. The summed E-state index contributed by atoms with van der Waals surface area (Å²) in [6.07, 6.45) is -2.93. The number of nitrogens with one attached hydrogen (secondary N) is 2. The highest BCUT2D eigenvalue weighted by molar-refractivity contribution is 6.00. The lowest BCUT2D eigenvalue weighted by Gasteiger charge is -2.34. The topological polar surface area (TPSA) is 103 Å². The van der Waals surface area contributed by atoms with E-state index in [4.69, 9.17) is 0 Å². The molecule has 2 atom stereocenters. The molecule has 1 aliphatic carbocycles. The van der Waals surface area contributed by atoms with Gasteiger partial charge in [-0.2, -0.15) is 23.0 Å². The molecule has 0 spiro atoms. The molecule has 8 nitrogen and oxygen atoms in total. The molecule has 0 aliphatic heterocycles. The van der Waals surface area contributed by atoms with Crippen molar-refractivity contribution in [3.63, 3.8) is 0 Å². The lowest BCUT2D eigenvalue weighted by atomic mass is 9.81. The summed E-state index contributed by atoms with van der Waals surface area (Å²) >= 11 is 0. The number of nitrogens with zero attached hydrogens (tertiary/aromatic N) is 3. The summed E-state index contributed by atoms with van der Waals surface area (Å²) < 4.78 is 71.1. The molecule has 0 saturated heterocycles. The summed E-state index contributed by atoms with van der Waals surface area (Å²) in [7, 11) is 0. The molecule has 3 aromatic rings. The zero-order valence-corrected chi connectivity index (χ0v) is 21.8. The van der Waals surface area contributed by atoms with Crippen LogP contribution >= 0.6 is 0 Å². The average molecular weight is 566 g/mol. The number of pyridine rings is 1. The normalized spacial score (nSPS) is 17.7. The third kappa shape index (κ3) is 6.23. The molecule has 40 heavy (non-hydrogen) atoms. The van der Waals surface area contributed by atoms with Crippen LogP contribution < -0.4 is 15.4 Å². The number of carbonyl (C=O) groups excluding carboxylic acids is 2. The smallest absolute Gasteiger partial charge is 0.417 e. The van der Waals surface area contributed by atoms with E-state index in [0.717, 1.165) is 6.20 Å². The third-order valence-corrected chi connectivity index (χ3v) is 7.05. The molecule has 1 aromatic carbocycles. The maximum absolute atomic E-state index is 14.3. The van der Waals surface area contributed by atoms with Crippen molar-refractivity contribution < 1.29 is 36.3 Å². The van der Waals surface area contributed by atoms with Crippen LogP contribution in [0.5, 0.6) is 0 Å². The first-order valence-corrected chi connectivity index (χ1v) is 12.7. The van der Waals surface area contributed by atoms with Gasteiger partial charge in [-0.05, 0) is 49.4 Å². The molecule has 2 amide bonds. The number of halogens is 5. The second-order valence-electron chi connectivity index (χ2n) is 9.78. The molecule has 2 N–H and O–H groups in total. The predicted molar refractivity (Wildman–Crippen MR) is 135 cm³/mol. The van der Waals surface area contributed by atoms with E-state index >= 15 is 0 Å². The first kappa shape index (κ1) is 29.0. The van der Waals surface area contributed by atoms with Gasteiger partial charge < -0.3 is 15.8 Å². The molecule has 1 aliphatic rings. The minimum atomic E-state index is -4.71. The Kier molecular flexibility index (Phi) is 8.13. The molecule has 214 valence electrons. The van der Waals surface area contributed by atoms with Crippen molar-refractivity contribution in [2.24, 2.45) is 5.92 Å². The summed E-state index contributed by atoms with van der Waals surface area (Å²) in [4.78, 5) is 26.3.